The van der Waals surface area contributed by atoms with Gasteiger partial charge in [0.05, 0.1) is 30.6 Å². The molecule has 2 atom stereocenters. The average molecular weight is 399 g/mol. The van der Waals surface area contributed by atoms with Crippen molar-refractivity contribution >= 4 is 21.6 Å². The number of carbonyl (C=O) groups is 1. The monoisotopic (exact) mass is 398 g/mol. The first-order valence-corrected chi connectivity index (χ1v) is 11.0. The van der Waals surface area contributed by atoms with Gasteiger partial charge in [-0.25, -0.2) is 8.42 Å². The number of nitrogens with one attached hydrogen (secondary N) is 1. The van der Waals surface area contributed by atoms with Crippen LogP contribution in [-0.2, 0) is 19.6 Å². The first-order chi connectivity index (χ1) is 12.8. The molecule has 1 heterocycles. The number of rotatable bonds is 9. The van der Waals surface area contributed by atoms with Crippen molar-refractivity contribution in [2.75, 3.05) is 37.8 Å². The molecule has 1 aromatic carbocycles. The van der Waals surface area contributed by atoms with Crippen LogP contribution >= 0.6 is 0 Å². The summed E-state index contributed by atoms with van der Waals surface area (Å²) in [5, 5.41) is 0. The summed E-state index contributed by atoms with van der Waals surface area (Å²) in [6.45, 7) is 2.99. The van der Waals surface area contributed by atoms with E-state index < -0.39 is 15.9 Å². The van der Waals surface area contributed by atoms with E-state index in [2.05, 4.69) is 4.72 Å². The fraction of sp³-hybridized carbons (Fsp3) is 0.632. The molecule has 1 aromatic rings. The number of ether oxygens (including phenoxy) is 2. The highest BCUT2D eigenvalue weighted by atomic mass is 32.2. The number of benzene rings is 1. The van der Waals surface area contributed by atoms with Crippen molar-refractivity contribution in [2.24, 2.45) is 5.92 Å². The smallest absolute Gasteiger partial charge is 0.233 e. The van der Waals surface area contributed by atoms with E-state index in [4.69, 9.17) is 9.47 Å². The Balaban J connectivity index is 1.85. The number of amides is 1. The van der Waals surface area contributed by atoms with Gasteiger partial charge in [-0.1, -0.05) is 13.0 Å². The lowest BCUT2D eigenvalue weighted by Crippen LogP contribution is -2.38. The third-order valence-corrected chi connectivity index (χ3v) is 6.16. The zero-order valence-corrected chi connectivity index (χ0v) is 17.1. The van der Waals surface area contributed by atoms with Gasteiger partial charge in [-0.15, -0.1) is 0 Å². The molecular formula is C19H30N2O5S. The van der Waals surface area contributed by atoms with Crippen molar-refractivity contribution in [1.29, 1.82) is 0 Å². The molecule has 152 valence electrons. The minimum Gasteiger partial charge on any atom is -0.497 e. The summed E-state index contributed by atoms with van der Waals surface area (Å²) in [6, 6.07) is 6.67. The summed E-state index contributed by atoms with van der Waals surface area (Å²) in [7, 11) is -0.422. The number of nitrogens with zero attached hydrogens (tertiary/aromatic N) is 1. The number of carbonyl (C=O) groups excluding carboxylic acids is 1. The highest BCUT2D eigenvalue weighted by molar-refractivity contribution is 7.92. The zero-order chi connectivity index (χ0) is 19.9. The van der Waals surface area contributed by atoms with Crippen LogP contribution in [0, 0.1) is 5.92 Å². The molecular weight excluding hydrogens is 368 g/mol. The number of sulfonamides is 1. The van der Waals surface area contributed by atoms with E-state index in [0.29, 0.717) is 18.0 Å². The van der Waals surface area contributed by atoms with E-state index in [0.717, 1.165) is 32.3 Å². The Morgan fingerprint density at radius 1 is 1.41 bits per heavy atom. The molecule has 1 N–H and O–H groups in total. The van der Waals surface area contributed by atoms with E-state index in [1.165, 1.54) is 7.11 Å². The van der Waals surface area contributed by atoms with Gasteiger partial charge in [0.1, 0.15) is 5.75 Å². The van der Waals surface area contributed by atoms with Crippen LogP contribution in [0.2, 0.25) is 0 Å². The molecule has 2 rings (SSSR count). The van der Waals surface area contributed by atoms with Crippen LogP contribution < -0.4 is 9.46 Å². The van der Waals surface area contributed by atoms with Crippen LogP contribution in [0.5, 0.6) is 5.75 Å². The first kappa shape index (κ1) is 21.5. The number of methoxy groups -OCH3 is 1. The summed E-state index contributed by atoms with van der Waals surface area (Å²) >= 11 is 0. The molecule has 8 heteroatoms. The van der Waals surface area contributed by atoms with Gasteiger partial charge < -0.3 is 14.4 Å². The SMILES string of the molecule is COc1cccc(NS(=O)(=O)CC(C)C(=O)N(C)CCC2CCCCO2)c1. The van der Waals surface area contributed by atoms with Gasteiger partial charge in [-0.2, -0.15) is 0 Å². The van der Waals surface area contributed by atoms with Crippen molar-refractivity contribution in [3.8, 4) is 5.75 Å². The van der Waals surface area contributed by atoms with Crippen LogP contribution in [-0.4, -0.2) is 58.4 Å². The minimum atomic E-state index is -3.65. The van der Waals surface area contributed by atoms with E-state index >= 15 is 0 Å². The van der Waals surface area contributed by atoms with E-state index in [1.807, 2.05) is 0 Å². The van der Waals surface area contributed by atoms with Gasteiger partial charge >= 0.3 is 0 Å². The van der Waals surface area contributed by atoms with Crippen LogP contribution in [0.15, 0.2) is 24.3 Å². The molecule has 7 nitrogen and oxygen atoms in total. The molecule has 0 aliphatic carbocycles. The van der Waals surface area contributed by atoms with Crippen molar-refractivity contribution < 1.29 is 22.7 Å². The van der Waals surface area contributed by atoms with Crippen LogP contribution in [0.3, 0.4) is 0 Å². The molecule has 0 saturated carbocycles. The first-order valence-electron chi connectivity index (χ1n) is 9.32. The molecule has 0 aromatic heterocycles. The molecule has 0 bridgehead atoms. The third-order valence-electron chi connectivity index (χ3n) is 4.67. The Kier molecular flexibility index (Phi) is 7.91. The van der Waals surface area contributed by atoms with Gasteiger partial charge in [-0.3, -0.25) is 9.52 Å². The van der Waals surface area contributed by atoms with Gasteiger partial charge in [0.25, 0.3) is 0 Å². The Morgan fingerprint density at radius 3 is 2.85 bits per heavy atom. The lowest BCUT2D eigenvalue weighted by molar-refractivity contribution is -0.133. The lowest BCUT2D eigenvalue weighted by atomic mass is 10.1. The fourth-order valence-electron chi connectivity index (χ4n) is 3.17. The summed E-state index contributed by atoms with van der Waals surface area (Å²) in [6.07, 6.45) is 4.26. The van der Waals surface area contributed by atoms with E-state index in [1.54, 1.807) is 43.1 Å². The number of hydrogen-bond donors (Lipinski definition) is 1. The largest absolute Gasteiger partial charge is 0.497 e. The summed E-state index contributed by atoms with van der Waals surface area (Å²) < 4.78 is 38.1. The van der Waals surface area contributed by atoms with Crippen molar-refractivity contribution in [3.05, 3.63) is 24.3 Å². The zero-order valence-electron chi connectivity index (χ0n) is 16.3. The number of hydrogen-bond acceptors (Lipinski definition) is 5. The molecule has 1 fully saturated rings. The summed E-state index contributed by atoms with van der Waals surface area (Å²) in [5.74, 6) is -0.524. The molecule has 1 saturated heterocycles. The normalized spacial score (nSPS) is 18.6. The van der Waals surface area contributed by atoms with Gasteiger partial charge in [-0.05, 0) is 37.8 Å². The van der Waals surface area contributed by atoms with E-state index in [-0.39, 0.29) is 17.8 Å². The van der Waals surface area contributed by atoms with Crippen molar-refractivity contribution in [3.63, 3.8) is 0 Å². The lowest BCUT2D eigenvalue weighted by Gasteiger charge is -2.26. The molecule has 1 aliphatic heterocycles. The summed E-state index contributed by atoms with van der Waals surface area (Å²) in [5.41, 5.74) is 0.414. The second-order valence-corrected chi connectivity index (χ2v) is 8.82. The number of anilines is 1. The third kappa shape index (κ3) is 7.03. The van der Waals surface area contributed by atoms with Crippen LogP contribution in [0.25, 0.3) is 0 Å². The maximum absolute atomic E-state index is 12.5. The quantitative estimate of drug-likeness (QED) is 0.691. The predicted molar refractivity (Wildman–Crippen MR) is 105 cm³/mol. The Bertz CT molecular complexity index is 717. The molecule has 1 amide bonds. The topological polar surface area (TPSA) is 84.9 Å². The average Bonchev–Trinajstić information content (AvgIpc) is 2.65. The van der Waals surface area contributed by atoms with Gasteiger partial charge in [0.15, 0.2) is 0 Å². The standard InChI is InChI=1S/C19H30N2O5S/c1-15(19(22)21(2)11-10-17-8-4-5-12-26-17)14-27(23,24)20-16-7-6-9-18(13-16)25-3/h6-7,9,13,15,17,20H,4-5,8,10-12,14H2,1-3H3. The maximum Gasteiger partial charge on any atom is 0.233 e. The molecule has 0 spiro atoms. The molecule has 0 radical (unpaired) electrons. The van der Waals surface area contributed by atoms with Gasteiger partial charge in [0.2, 0.25) is 15.9 Å². The van der Waals surface area contributed by atoms with Crippen molar-refractivity contribution in [2.45, 2.75) is 38.7 Å². The molecule has 1 aliphatic rings. The maximum atomic E-state index is 12.5. The highest BCUT2D eigenvalue weighted by Crippen LogP contribution is 2.19. The summed E-state index contributed by atoms with van der Waals surface area (Å²) in [4.78, 5) is 14.1. The Labute approximate surface area is 162 Å². The van der Waals surface area contributed by atoms with E-state index in [9.17, 15) is 13.2 Å². The minimum absolute atomic E-state index is 0.179. The fourth-order valence-corrected chi connectivity index (χ4v) is 4.54. The highest BCUT2D eigenvalue weighted by Gasteiger charge is 2.25. The second kappa shape index (κ2) is 9.94. The second-order valence-electron chi connectivity index (χ2n) is 7.05. The Hall–Kier alpha value is -1.80. The molecule has 27 heavy (non-hydrogen) atoms. The van der Waals surface area contributed by atoms with Gasteiger partial charge in [0, 0.05) is 26.3 Å². The molecule has 2 unspecified atom stereocenters. The predicted octanol–water partition coefficient (Wildman–Crippen LogP) is 2.49. The van der Waals surface area contributed by atoms with Crippen LogP contribution in [0.4, 0.5) is 5.69 Å². The Morgan fingerprint density at radius 2 is 2.19 bits per heavy atom. The van der Waals surface area contributed by atoms with Crippen molar-refractivity contribution in [1.82, 2.24) is 4.90 Å². The van der Waals surface area contributed by atoms with Crippen LogP contribution in [0.1, 0.15) is 32.6 Å².